The SMILES string of the molecule is COC(=O)c1cncc(-c2ccc(OC(C)C)nc2)n1. The molecule has 0 amide bonds. The highest BCUT2D eigenvalue weighted by Crippen LogP contribution is 2.18. The highest BCUT2D eigenvalue weighted by Gasteiger charge is 2.10. The molecule has 0 N–H and O–H groups in total. The van der Waals surface area contributed by atoms with Crippen LogP contribution in [-0.4, -0.2) is 34.1 Å². The Morgan fingerprint density at radius 1 is 1.20 bits per heavy atom. The zero-order chi connectivity index (χ0) is 14.5. The number of carbonyl (C=O) groups excluding carboxylic acids is 1. The third-order valence-corrected chi connectivity index (χ3v) is 2.42. The molecule has 0 spiro atoms. The quantitative estimate of drug-likeness (QED) is 0.794. The average Bonchev–Trinajstić information content (AvgIpc) is 2.47. The summed E-state index contributed by atoms with van der Waals surface area (Å²) in [7, 11) is 1.30. The maximum Gasteiger partial charge on any atom is 0.358 e. The smallest absolute Gasteiger partial charge is 0.358 e. The van der Waals surface area contributed by atoms with Crippen LogP contribution < -0.4 is 4.74 Å². The van der Waals surface area contributed by atoms with Crippen LogP contribution in [0.2, 0.25) is 0 Å². The van der Waals surface area contributed by atoms with Gasteiger partial charge < -0.3 is 9.47 Å². The van der Waals surface area contributed by atoms with Crippen molar-refractivity contribution >= 4 is 5.97 Å². The van der Waals surface area contributed by atoms with Crippen molar-refractivity contribution < 1.29 is 14.3 Å². The van der Waals surface area contributed by atoms with Gasteiger partial charge in [-0.2, -0.15) is 0 Å². The molecule has 0 aliphatic rings. The molecule has 6 nitrogen and oxygen atoms in total. The summed E-state index contributed by atoms with van der Waals surface area (Å²) in [5, 5.41) is 0. The highest BCUT2D eigenvalue weighted by atomic mass is 16.5. The molecule has 0 bridgehead atoms. The molecule has 6 heteroatoms. The van der Waals surface area contributed by atoms with E-state index in [1.54, 1.807) is 18.5 Å². The number of carbonyl (C=O) groups is 1. The van der Waals surface area contributed by atoms with Gasteiger partial charge in [0.25, 0.3) is 0 Å². The van der Waals surface area contributed by atoms with Crippen molar-refractivity contribution in [3.63, 3.8) is 0 Å². The lowest BCUT2D eigenvalue weighted by molar-refractivity contribution is 0.0593. The van der Waals surface area contributed by atoms with E-state index in [1.807, 2.05) is 19.9 Å². The largest absolute Gasteiger partial charge is 0.475 e. The van der Waals surface area contributed by atoms with Crippen LogP contribution in [0.3, 0.4) is 0 Å². The molecule has 104 valence electrons. The fourth-order valence-electron chi connectivity index (χ4n) is 1.55. The lowest BCUT2D eigenvalue weighted by Crippen LogP contribution is -2.07. The lowest BCUT2D eigenvalue weighted by Gasteiger charge is -2.08. The van der Waals surface area contributed by atoms with Gasteiger partial charge in [0.05, 0.1) is 31.3 Å². The topological polar surface area (TPSA) is 74.2 Å². The first-order valence-corrected chi connectivity index (χ1v) is 6.13. The predicted octanol–water partition coefficient (Wildman–Crippen LogP) is 2.11. The Labute approximate surface area is 116 Å². The van der Waals surface area contributed by atoms with E-state index >= 15 is 0 Å². The molecule has 2 aromatic rings. The Bertz CT molecular complexity index is 597. The molecule has 0 aliphatic carbocycles. The predicted molar refractivity (Wildman–Crippen MR) is 72.4 cm³/mol. The minimum atomic E-state index is -0.521. The second-order valence-corrected chi connectivity index (χ2v) is 4.33. The highest BCUT2D eigenvalue weighted by molar-refractivity contribution is 5.87. The Morgan fingerprint density at radius 2 is 2.00 bits per heavy atom. The molecule has 2 aromatic heterocycles. The molecule has 0 saturated carbocycles. The van der Waals surface area contributed by atoms with Crippen molar-refractivity contribution in [3.8, 4) is 17.1 Å². The molecule has 0 saturated heterocycles. The van der Waals surface area contributed by atoms with Crippen LogP contribution in [0.25, 0.3) is 11.3 Å². The van der Waals surface area contributed by atoms with Gasteiger partial charge in [0.1, 0.15) is 0 Å². The number of pyridine rings is 1. The van der Waals surface area contributed by atoms with Crippen LogP contribution in [0, 0.1) is 0 Å². The van der Waals surface area contributed by atoms with E-state index < -0.39 is 5.97 Å². The third-order valence-electron chi connectivity index (χ3n) is 2.42. The standard InChI is InChI=1S/C14H15N3O3/c1-9(2)20-13-5-4-10(6-16-13)11-7-15-8-12(17-11)14(18)19-3/h4-9H,1-3H3. The second-order valence-electron chi connectivity index (χ2n) is 4.33. The van der Waals surface area contributed by atoms with Gasteiger partial charge in [-0.25, -0.2) is 14.8 Å². The first-order chi connectivity index (χ1) is 9.60. The van der Waals surface area contributed by atoms with Gasteiger partial charge in [0.2, 0.25) is 5.88 Å². The van der Waals surface area contributed by atoms with E-state index in [0.717, 1.165) is 5.56 Å². The van der Waals surface area contributed by atoms with Crippen LogP contribution in [0.15, 0.2) is 30.7 Å². The summed E-state index contributed by atoms with van der Waals surface area (Å²) in [6, 6.07) is 3.57. The number of methoxy groups -OCH3 is 1. The monoisotopic (exact) mass is 273 g/mol. The molecule has 20 heavy (non-hydrogen) atoms. The molecule has 0 radical (unpaired) electrons. The molecule has 0 aromatic carbocycles. The summed E-state index contributed by atoms with van der Waals surface area (Å²) in [6.07, 6.45) is 4.62. The van der Waals surface area contributed by atoms with Crippen molar-refractivity contribution in [2.45, 2.75) is 20.0 Å². The molecule has 0 unspecified atom stereocenters. The zero-order valence-corrected chi connectivity index (χ0v) is 11.5. The van der Waals surface area contributed by atoms with E-state index in [9.17, 15) is 4.79 Å². The Morgan fingerprint density at radius 3 is 2.60 bits per heavy atom. The Hall–Kier alpha value is -2.50. The molecule has 2 rings (SSSR count). The van der Waals surface area contributed by atoms with E-state index in [-0.39, 0.29) is 11.8 Å². The molecule has 0 fully saturated rings. The second kappa shape index (κ2) is 6.10. The van der Waals surface area contributed by atoms with Gasteiger partial charge in [-0.3, -0.25) is 4.98 Å². The van der Waals surface area contributed by atoms with Gasteiger partial charge in [-0.05, 0) is 19.9 Å². The number of rotatable bonds is 4. The molecule has 0 atom stereocenters. The zero-order valence-electron chi connectivity index (χ0n) is 11.5. The number of ether oxygens (including phenoxy) is 2. The van der Waals surface area contributed by atoms with Crippen LogP contribution in [0.4, 0.5) is 0 Å². The number of hydrogen-bond acceptors (Lipinski definition) is 6. The first-order valence-electron chi connectivity index (χ1n) is 6.13. The lowest BCUT2D eigenvalue weighted by atomic mass is 10.2. The molecule has 2 heterocycles. The summed E-state index contributed by atoms with van der Waals surface area (Å²) in [5.41, 5.74) is 1.46. The number of aromatic nitrogens is 3. The summed E-state index contributed by atoms with van der Waals surface area (Å²) < 4.78 is 10.1. The van der Waals surface area contributed by atoms with Crippen LogP contribution in [-0.2, 0) is 4.74 Å². The van der Waals surface area contributed by atoms with E-state index in [4.69, 9.17) is 4.74 Å². The molecule has 0 aliphatic heterocycles. The van der Waals surface area contributed by atoms with Crippen LogP contribution in [0.1, 0.15) is 24.3 Å². The van der Waals surface area contributed by atoms with Gasteiger partial charge >= 0.3 is 5.97 Å². The number of esters is 1. The van der Waals surface area contributed by atoms with E-state index in [2.05, 4.69) is 19.7 Å². The van der Waals surface area contributed by atoms with Crippen LogP contribution >= 0.6 is 0 Å². The summed E-state index contributed by atoms with van der Waals surface area (Å²) in [6.45, 7) is 3.86. The van der Waals surface area contributed by atoms with Gasteiger partial charge in [0, 0.05) is 17.8 Å². The van der Waals surface area contributed by atoms with Crippen molar-refractivity contribution in [1.29, 1.82) is 0 Å². The normalized spacial score (nSPS) is 10.4. The number of nitrogens with zero attached hydrogens (tertiary/aromatic N) is 3. The van der Waals surface area contributed by atoms with Crippen molar-refractivity contribution in [2.75, 3.05) is 7.11 Å². The maximum absolute atomic E-state index is 11.4. The fourth-order valence-corrected chi connectivity index (χ4v) is 1.55. The fraction of sp³-hybridized carbons (Fsp3) is 0.286. The maximum atomic E-state index is 11.4. The van der Waals surface area contributed by atoms with E-state index in [0.29, 0.717) is 11.6 Å². The van der Waals surface area contributed by atoms with Gasteiger partial charge in [-0.15, -0.1) is 0 Å². The molecular weight excluding hydrogens is 258 g/mol. The minimum absolute atomic E-state index is 0.0656. The first kappa shape index (κ1) is 13.9. The minimum Gasteiger partial charge on any atom is -0.475 e. The van der Waals surface area contributed by atoms with E-state index in [1.165, 1.54) is 13.3 Å². The van der Waals surface area contributed by atoms with Gasteiger partial charge in [-0.1, -0.05) is 0 Å². The average molecular weight is 273 g/mol. The third kappa shape index (κ3) is 3.28. The Kier molecular flexibility index (Phi) is 4.24. The van der Waals surface area contributed by atoms with Crippen molar-refractivity contribution in [2.24, 2.45) is 0 Å². The summed E-state index contributed by atoms with van der Waals surface area (Å²) in [4.78, 5) is 23.8. The van der Waals surface area contributed by atoms with Gasteiger partial charge in [0.15, 0.2) is 5.69 Å². The molecular formula is C14H15N3O3. The van der Waals surface area contributed by atoms with Crippen LogP contribution in [0.5, 0.6) is 5.88 Å². The van der Waals surface area contributed by atoms with Crippen molar-refractivity contribution in [3.05, 3.63) is 36.4 Å². The van der Waals surface area contributed by atoms with Crippen molar-refractivity contribution in [1.82, 2.24) is 15.0 Å². The Balaban J connectivity index is 2.25. The summed E-state index contributed by atoms with van der Waals surface area (Å²) in [5.74, 6) is 0.0212. The number of hydrogen-bond donors (Lipinski definition) is 0. The summed E-state index contributed by atoms with van der Waals surface area (Å²) >= 11 is 0.